The fraction of sp³-hybridized carbons (Fsp3) is 0.200. The Morgan fingerprint density at radius 3 is 2.74 bits per heavy atom. The van der Waals surface area contributed by atoms with Crippen LogP contribution in [-0.2, 0) is 24.7 Å². The Morgan fingerprint density at radius 2 is 1.96 bits per heavy atom. The maximum absolute atomic E-state index is 12.5. The first-order chi connectivity index (χ1) is 13.0. The molecule has 2 heterocycles. The van der Waals surface area contributed by atoms with Gasteiger partial charge in [-0.3, -0.25) is 9.59 Å². The lowest BCUT2D eigenvalue weighted by Gasteiger charge is -2.09. The molecule has 0 radical (unpaired) electrons. The van der Waals surface area contributed by atoms with Gasteiger partial charge >= 0.3 is 0 Å². The van der Waals surface area contributed by atoms with Gasteiger partial charge in [0, 0.05) is 24.5 Å². The minimum atomic E-state index is -0.218. The van der Waals surface area contributed by atoms with Gasteiger partial charge in [0.2, 0.25) is 5.91 Å². The van der Waals surface area contributed by atoms with Crippen LogP contribution < -0.4 is 10.9 Å². The molecule has 4 rings (SSSR count). The predicted octanol–water partition coefficient (Wildman–Crippen LogP) is 2.82. The van der Waals surface area contributed by atoms with Gasteiger partial charge in [-0.15, -0.1) is 0 Å². The van der Waals surface area contributed by atoms with Gasteiger partial charge in [-0.25, -0.2) is 9.67 Å². The summed E-state index contributed by atoms with van der Waals surface area (Å²) in [5.41, 5.74) is 2.41. The third kappa shape index (κ3) is 3.19. The number of amides is 1. The Kier molecular flexibility index (Phi) is 4.19. The summed E-state index contributed by atoms with van der Waals surface area (Å²) in [6, 6.07) is 12.5. The van der Waals surface area contributed by atoms with Crippen molar-refractivity contribution in [1.82, 2.24) is 14.8 Å². The molecule has 0 aliphatic heterocycles. The van der Waals surface area contributed by atoms with Crippen molar-refractivity contribution < 1.29 is 9.21 Å². The number of carbonyl (C=O) groups excluding carboxylic acids is 1. The smallest absolute Gasteiger partial charge is 0.274 e. The highest BCUT2D eigenvalue weighted by Gasteiger charge is 2.13. The third-order valence-corrected chi connectivity index (χ3v) is 4.38. The molecule has 0 atom stereocenters. The van der Waals surface area contributed by atoms with Crippen LogP contribution in [0.3, 0.4) is 0 Å². The Bertz CT molecular complexity index is 1220. The molecular formula is C20H18N4O3. The summed E-state index contributed by atoms with van der Waals surface area (Å²) in [5, 5.41) is 8.36. The predicted molar refractivity (Wildman–Crippen MR) is 103 cm³/mol. The number of oxazole rings is 1. The number of anilines is 1. The van der Waals surface area contributed by atoms with E-state index in [0.29, 0.717) is 45.6 Å². The molecule has 0 aliphatic carbocycles. The van der Waals surface area contributed by atoms with Gasteiger partial charge in [0.15, 0.2) is 11.5 Å². The number of aryl methyl sites for hydroxylation is 2. The second kappa shape index (κ2) is 6.68. The Hall–Kier alpha value is -3.48. The number of fused-ring (bicyclic) bond motifs is 2. The summed E-state index contributed by atoms with van der Waals surface area (Å²) < 4.78 is 6.84. The van der Waals surface area contributed by atoms with E-state index in [1.54, 1.807) is 43.4 Å². The summed E-state index contributed by atoms with van der Waals surface area (Å²) in [4.78, 5) is 29.1. The monoisotopic (exact) mass is 362 g/mol. The maximum Gasteiger partial charge on any atom is 0.274 e. The second-order valence-corrected chi connectivity index (χ2v) is 6.29. The van der Waals surface area contributed by atoms with E-state index in [1.807, 2.05) is 13.0 Å². The topological polar surface area (TPSA) is 90.0 Å². The minimum absolute atomic E-state index is 0.0612. The average Bonchev–Trinajstić information content (AvgIpc) is 3.08. The first kappa shape index (κ1) is 17.0. The molecule has 7 heteroatoms. The van der Waals surface area contributed by atoms with Crippen molar-refractivity contribution in [3.63, 3.8) is 0 Å². The molecule has 0 aliphatic rings. The molecule has 27 heavy (non-hydrogen) atoms. The van der Waals surface area contributed by atoms with E-state index in [4.69, 9.17) is 4.42 Å². The zero-order valence-electron chi connectivity index (χ0n) is 15.0. The molecule has 0 saturated carbocycles. The molecule has 1 amide bonds. The fourth-order valence-electron chi connectivity index (χ4n) is 3.07. The largest absolute Gasteiger partial charge is 0.441 e. The number of aromatic nitrogens is 3. The first-order valence-electron chi connectivity index (χ1n) is 8.69. The number of hydrogen-bond donors (Lipinski definition) is 1. The normalized spacial score (nSPS) is 11.2. The van der Waals surface area contributed by atoms with Crippen LogP contribution >= 0.6 is 0 Å². The molecule has 0 saturated heterocycles. The molecule has 0 spiro atoms. The molecule has 1 N–H and O–H groups in total. The highest BCUT2D eigenvalue weighted by atomic mass is 16.3. The van der Waals surface area contributed by atoms with E-state index >= 15 is 0 Å². The van der Waals surface area contributed by atoms with E-state index in [0.717, 1.165) is 0 Å². The highest BCUT2D eigenvalue weighted by Crippen LogP contribution is 2.21. The Labute approximate surface area is 154 Å². The van der Waals surface area contributed by atoms with Crippen LogP contribution in [0, 0.1) is 0 Å². The Morgan fingerprint density at radius 1 is 1.19 bits per heavy atom. The molecule has 2 aromatic heterocycles. The summed E-state index contributed by atoms with van der Waals surface area (Å²) in [6.07, 6.45) is 0.771. The van der Waals surface area contributed by atoms with E-state index in [2.05, 4.69) is 15.4 Å². The first-order valence-corrected chi connectivity index (χ1v) is 8.69. The van der Waals surface area contributed by atoms with E-state index in [-0.39, 0.29) is 17.9 Å². The zero-order valence-corrected chi connectivity index (χ0v) is 15.0. The second-order valence-electron chi connectivity index (χ2n) is 6.29. The standard InChI is InChI=1S/C20H18N4O3/c1-3-19-22-16-10-12(8-9-17(16)27-19)21-18(25)11-15-13-6-4-5-7-14(13)20(26)24(2)23-15/h4-10H,3,11H2,1-2H3,(H,21,25). The SMILES string of the molecule is CCc1nc2cc(NC(=O)Cc3nn(C)c(=O)c4ccccc34)ccc2o1. The van der Waals surface area contributed by atoms with Crippen LogP contribution in [0.5, 0.6) is 0 Å². The number of benzene rings is 2. The molecule has 0 unspecified atom stereocenters. The van der Waals surface area contributed by atoms with Crippen molar-refractivity contribution in [2.24, 2.45) is 7.05 Å². The van der Waals surface area contributed by atoms with Gasteiger partial charge in [0.25, 0.3) is 5.56 Å². The minimum Gasteiger partial charge on any atom is -0.441 e. The van der Waals surface area contributed by atoms with Crippen LogP contribution in [0.4, 0.5) is 5.69 Å². The van der Waals surface area contributed by atoms with Crippen LogP contribution in [0.1, 0.15) is 18.5 Å². The van der Waals surface area contributed by atoms with Gasteiger partial charge in [-0.2, -0.15) is 5.10 Å². The van der Waals surface area contributed by atoms with Crippen molar-refractivity contribution >= 4 is 33.5 Å². The summed E-state index contributed by atoms with van der Waals surface area (Å²) in [5.74, 6) is 0.444. The lowest BCUT2D eigenvalue weighted by atomic mass is 10.1. The molecule has 0 fully saturated rings. The quantitative estimate of drug-likeness (QED) is 0.603. The number of carbonyl (C=O) groups is 1. The van der Waals surface area contributed by atoms with Gasteiger partial charge in [-0.1, -0.05) is 25.1 Å². The number of nitrogens with zero attached hydrogens (tertiary/aromatic N) is 3. The molecule has 4 aromatic rings. The van der Waals surface area contributed by atoms with Gasteiger partial charge in [0.05, 0.1) is 17.5 Å². The van der Waals surface area contributed by atoms with Crippen LogP contribution in [-0.4, -0.2) is 20.7 Å². The Balaban J connectivity index is 1.60. The van der Waals surface area contributed by atoms with Crippen molar-refractivity contribution in [1.29, 1.82) is 0 Å². The molecule has 136 valence electrons. The summed E-state index contributed by atoms with van der Waals surface area (Å²) in [6.45, 7) is 1.97. The van der Waals surface area contributed by atoms with E-state index in [9.17, 15) is 9.59 Å². The molecule has 0 bridgehead atoms. The van der Waals surface area contributed by atoms with Crippen LogP contribution in [0.15, 0.2) is 51.7 Å². The van der Waals surface area contributed by atoms with E-state index < -0.39 is 0 Å². The summed E-state index contributed by atoms with van der Waals surface area (Å²) in [7, 11) is 1.58. The lowest BCUT2D eigenvalue weighted by molar-refractivity contribution is -0.115. The van der Waals surface area contributed by atoms with Crippen LogP contribution in [0.2, 0.25) is 0 Å². The highest BCUT2D eigenvalue weighted by molar-refractivity contribution is 5.96. The molecule has 7 nitrogen and oxygen atoms in total. The van der Waals surface area contributed by atoms with Crippen molar-refractivity contribution in [3.05, 3.63) is 64.4 Å². The van der Waals surface area contributed by atoms with Crippen molar-refractivity contribution in [2.75, 3.05) is 5.32 Å². The van der Waals surface area contributed by atoms with Gasteiger partial charge in [0.1, 0.15) is 5.52 Å². The number of nitrogens with one attached hydrogen (secondary N) is 1. The maximum atomic E-state index is 12.5. The van der Waals surface area contributed by atoms with Crippen LogP contribution in [0.25, 0.3) is 21.9 Å². The van der Waals surface area contributed by atoms with Gasteiger partial charge in [-0.05, 0) is 24.3 Å². The average molecular weight is 362 g/mol. The van der Waals surface area contributed by atoms with Gasteiger partial charge < -0.3 is 9.73 Å². The fourth-order valence-corrected chi connectivity index (χ4v) is 3.07. The summed E-state index contributed by atoms with van der Waals surface area (Å²) >= 11 is 0. The number of hydrogen-bond acceptors (Lipinski definition) is 5. The van der Waals surface area contributed by atoms with E-state index in [1.165, 1.54) is 4.68 Å². The molecule has 2 aromatic carbocycles. The lowest BCUT2D eigenvalue weighted by Crippen LogP contribution is -2.24. The third-order valence-electron chi connectivity index (χ3n) is 4.38. The molecular weight excluding hydrogens is 344 g/mol. The van der Waals surface area contributed by atoms with Crippen molar-refractivity contribution in [3.8, 4) is 0 Å². The van der Waals surface area contributed by atoms with Crippen molar-refractivity contribution in [2.45, 2.75) is 19.8 Å². The number of rotatable bonds is 4. The zero-order chi connectivity index (χ0) is 19.0.